The minimum Gasteiger partial charge on any atom is -0.353 e. The maximum absolute atomic E-state index is 5.85. The van der Waals surface area contributed by atoms with Crippen LogP contribution in [-0.4, -0.2) is 55.9 Å². The first-order valence-electron chi connectivity index (χ1n) is 8.02. The molecule has 0 aliphatic carbocycles. The smallest absolute Gasteiger partial charge is 0.225 e. The minimum atomic E-state index is 0.546. The van der Waals surface area contributed by atoms with E-state index in [9.17, 15) is 0 Å². The molecule has 1 aliphatic heterocycles. The average molecular weight is 357 g/mol. The van der Waals surface area contributed by atoms with E-state index in [-0.39, 0.29) is 0 Å². The van der Waals surface area contributed by atoms with E-state index in [0.717, 1.165) is 43.6 Å². The van der Waals surface area contributed by atoms with Gasteiger partial charge >= 0.3 is 0 Å². The maximum Gasteiger partial charge on any atom is 0.225 e. The van der Waals surface area contributed by atoms with Crippen LogP contribution in [-0.2, 0) is 0 Å². The molecule has 1 fully saturated rings. The molecule has 9 heteroatoms. The van der Waals surface area contributed by atoms with Crippen LogP contribution in [0.25, 0.3) is 5.82 Å². The molecular weight excluding hydrogens is 340 g/mol. The average Bonchev–Trinajstić information content (AvgIpc) is 3.17. The van der Waals surface area contributed by atoms with Crippen molar-refractivity contribution >= 4 is 23.4 Å². The summed E-state index contributed by atoms with van der Waals surface area (Å²) in [4.78, 5) is 22.0. The summed E-state index contributed by atoms with van der Waals surface area (Å²) in [7, 11) is 0. The van der Waals surface area contributed by atoms with Gasteiger partial charge in [-0.15, -0.1) is 0 Å². The van der Waals surface area contributed by atoms with Crippen molar-refractivity contribution in [3.8, 4) is 5.82 Å². The zero-order valence-corrected chi connectivity index (χ0v) is 14.5. The highest BCUT2D eigenvalue weighted by atomic mass is 35.5. The van der Waals surface area contributed by atoms with E-state index in [0.29, 0.717) is 11.0 Å². The quantitative estimate of drug-likeness (QED) is 0.707. The number of halogens is 1. The van der Waals surface area contributed by atoms with Gasteiger partial charge in [-0.05, 0) is 13.0 Å². The van der Waals surface area contributed by atoms with E-state index in [2.05, 4.69) is 34.8 Å². The van der Waals surface area contributed by atoms with Gasteiger partial charge in [-0.25, -0.2) is 24.6 Å². The fraction of sp³-hybridized carbons (Fsp3) is 0.312. The summed E-state index contributed by atoms with van der Waals surface area (Å²) in [5.74, 6) is 3.12. The van der Waals surface area contributed by atoms with E-state index in [4.69, 9.17) is 11.6 Å². The molecule has 0 unspecified atom stereocenters. The molecule has 0 bridgehead atoms. The van der Waals surface area contributed by atoms with Crippen LogP contribution in [0.2, 0.25) is 5.02 Å². The molecule has 0 aromatic carbocycles. The molecule has 0 amide bonds. The van der Waals surface area contributed by atoms with Gasteiger partial charge in [0.2, 0.25) is 5.95 Å². The summed E-state index contributed by atoms with van der Waals surface area (Å²) in [6, 6.07) is 3.84. The van der Waals surface area contributed by atoms with Gasteiger partial charge < -0.3 is 9.80 Å². The molecule has 3 aromatic rings. The van der Waals surface area contributed by atoms with Gasteiger partial charge in [0.25, 0.3) is 0 Å². The Morgan fingerprint density at radius 1 is 0.960 bits per heavy atom. The Hall–Kier alpha value is -2.74. The summed E-state index contributed by atoms with van der Waals surface area (Å²) >= 11 is 5.85. The van der Waals surface area contributed by atoms with Crippen LogP contribution in [0.3, 0.4) is 0 Å². The summed E-state index contributed by atoms with van der Waals surface area (Å²) < 4.78 is 1.75. The number of nitrogens with zero attached hydrogens (tertiary/aromatic N) is 8. The monoisotopic (exact) mass is 356 g/mol. The fourth-order valence-corrected chi connectivity index (χ4v) is 2.92. The van der Waals surface area contributed by atoms with Gasteiger partial charge in [-0.2, -0.15) is 5.10 Å². The Kier molecular flexibility index (Phi) is 4.19. The fourth-order valence-electron chi connectivity index (χ4n) is 2.82. The van der Waals surface area contributed by atoms with Crippen molar-refractivity contribution in [2.75, 3.05) is 36.0 Å². The van der Waals surface area contributed by atoms with Crippen molar-refractivity contribution < 1.29 is 0 Å². The predicted molar refractivity (Wildman–Crippen MR) is 95.4 cm³/mol. The van der Waals surface area contributed by atoms with Crippen LogP contribution in [0, 0.1) is 6.92 Å². The lowest BCUT2D eigenvalue weighted by atomic mass is 10.3. The normalized spacial score (nSPS) is 14.8. The third kappa shape index (κ3) is 3.39. The highest BCUT2D eigenvalue weighted by Gasteiger charge is 2.21. The summed E-state index contributed by atoms with van der Waals surface area (Å²) in [5, 5.41) is 4.79. The first kappa shape index (κ1) is 15.8. The Bertz CT molecular complexity index is 841. The number of rotatable bonds is 3. The highest BCUT2D eigenvalue weighted by Crippen LogP contribution is 2.19. The second-order valence-electron chi connectivity index (χ2n) is 5.76. The number of anilines is 2. The van der Waals surface area contributed by atoms with Crippen molar-refractivity contribution in [3.05, 3.63) is 47.8 Å². The molecule has 0 saturated carbocycles. The summed E-state index contributed by atoms with van der Waals surface area (Å²) in [6.45, 7) is 5.21. The first-order chi connectivity index (χ1) is 12.2. The molecule has 8 nitrogen and oxygen atoms in total. The molecule has 0 spiro atoms. The lowest BCUT2D eigenvalue weighted by Crippen LogP contribution is -2.47. The van der Waals surface area contributed by atoms with E-state index in [1.165, 1.54) is 0 Å². The third-order valence-corrected chi connectivity index (χ3v) is 4.24. The molecule has 4 heterocycles. The Morgan fingerprint density at radius 2 is 1.64 bits per heavy atom. The van der Waals surface area contributed by atoms with Gasteiger partial charge in [0, 0.05) is 44.6 Å². The number of hydrogen-bond acceptors (Lipinski definition) is 7. The molecule has 0 N–H and O–H groups in total. The second-order valence-corrected chi connectivity index (χ2v) is 6.19. The highest BCUT2D eigenvalue weighted by molar-refractivity contribution is 6.30. The van der Waals surface area contributed by atoms with Gasteiger partial charge in [0.05, 0.1) is 17.4 Å². The first-order valence-corrected chi connectivity index (χ1v) is 8.40. The number of hydrogen-bond donors (Lipinski definition) is 0. The summed E-state index contributed by atoms with van der Waals surface area (Å²) in [6.07, 6.45) is 6.87. The molecular formula is C16H17ClN8. The molecule has 4 rings (SSSR count). The van der Waals surface area contributed by atoms with Crippen LogP contribution in [0.4, 0.5) is 11.8 Å². The standard InChI is InChI=1S/C16H17ClN8/c1-12-21-14(9-15(22-12)25-4-2-3-20-25)23-5-7-24(8-6-23)16-18-10-13(17)11-19-16/h2-4,9-11H,5-8H2,1H3. The Morgan fingerprint density at radius 3 is 2.32 bits per heavy atom. The summed E-state index contributed by atoms with van der Waals surface area (Å²) in [5.41, 5.74) is 0. The number of piperazine rings is 1. The number of aromatic nitrogens is 6. The van der Waals surface area contributed by atoms with E-state index in [1.54, 1.807) is 23.3 Å². The van der Waals surface area contributed by atoms with Crippen molar-refractivity contribution in [1.29, 1.82) is 0 Å². The van der Waals surface area contributed by atoms with Crippen LogP contribution in [0.15, 0.2) is 36.9 Å². The van der Waals surface area contributed by atoms with Gasteiger partial charge in [-0.3, -0.25) is 0 Å². The topological polar surface area (TPSA) is 75.9 Å². The van der Waals surface area contributed by atoms with Crippen LogP contribution in [0.5, 0.6) is 0 Å². The zero-order valence-electron chi connectivity index (χ0n) is 13.7. The molecule has 1 aliphatic rings. The van der Waals surface area contributed by atoms with E-state index in [1.807, 2.05) is 25.3 Å². The zero-order chi connectivity index (χ0) is 17.2. The van der Waals surface area contributed by atoms with Gasteiger partial charge in [0.1, 0.15) is 11.6 Å². The second kappa shape index (κ2) is 6.64. The van der Waals surface area contributed by atoms with Crippen molar-refractivity contribution in [1.82, 2.24) is 29.7 Å². The van der Waals surface area contributed by atoms with Gasteiger partial charge in [0.15, 0.2) is 5.82 Å². The molecule has 1 saturated heterocycles. The lowest BCUT2D eigenvalue weighted by molar-refractivity contribution is 0.632. The van der Waals surface area contributed by atoms with Crippen LogP contribution in [0.1, 0.15) is 5.82 Å². The molecule has 3 aromatic heterocycles. The molecule has 128 valence electrons. The number of aryl methyl sites for hydroxylation is 1. The SMILES string of the molecule is Cc1nc(N2CCN(c3ncc(Cl)cn3)CC2)cc(-n2cccn2)n1. The lowest BCUT2D eigenvalue weighted by Gasteiger charge is -2.35. The van der Waals surface area contributed by atoms with Crippen molar-refractivity contribution in [3.63, 3.8) is 0 Å². The van der Waals surface area contributed by atoms with E-state index < -0.39 is 0 Å². The van der Waals surface area contributed by atoms with Crippen LogP contribution >= 0.6 is 11.6 Å². The largest absolute Gasteiger partial charge is 0.353 e. The molecule has 0 atom stereocenters. The Labute approximate surface area is 150 Å². The minimum absolute atomic E-state index is 0.546. The van der Waals surface area contributed by atoms with Crippen molar-refractivity contribution in [2.45, 2.75) is 6.92 Å². The van der Waals surface area contributed by atoms with Gasteiger partial charge in [-0.1, -0.05) is 11.6 Å². The van der Waals surface area contributed by atoms with Crippen molar-refractivity contribution in [2.24, 2.45) is 0 Å². The molecule has 0 radical (unpaired) electrons. The third-order valence-electron chi connectivity index (χ3n) is 4.04. The van der Waals surface area contributed by atoms with Crippen LogP contribution < -0.4 is 9.80 Å². The predicted octanol–water partition coefficient (Wildman–Crippen LogP) is 1.74. The Balaban J connectivity index is 1.50. The van der Waals surface area contributed by atoms with E-state index >= 15 is 0 Å². The maximum atomic E-state index is 5.85. The molecule has 25 heavy (non-hydrogen) atoms.